The lowest BCUT2D eigenvalue weighted by Crippen LogP contribution is -1.95. The molecule has 1 aromatic rings. The Balaban J connectivity index is 2.69. The highest BCUT2D eigenvalue weighted by atomic mass is 32.2. The lowest BCUT2D eigenvalue weighted by molar-refractivity contribution is 0.340. The van der Waals surface area contributed by atoms with E-state index in [-0.39, 0.29) is 0 Å². The molecule has 4 nitrogen and oxygen atoms in total. The summed E-state index contributed by atoms with van der Waals surface area (Å²) in [5.74, 6) is 0.731. The third-order valence-corrected chi connectivity index (χ3v) is 1.83. The molecule has 0 heterocycles. The minimum atomic E-state index is -2.59. The van der Waals surface area contributed by atoms with Crippen LogP contribution in [-0.2, 0) is 10.9 Å². The minimum absolute atomic E-state index is 0.541. The fourth-order valence-corrected chi connectivity index (χ4v) is 1.26. The summed E-state index contributed by atoms with van der Waals surface area (Å²) in [7, 11) is -2.59. The maximum atomic E-state index is 10.3. The van der Waals surface area contributed by atoms with Crippen LogP contribution in [0.1, 0.15) is 6.92 Å². The number of nitrogens with one attached hydrogen (secondary N) is 1. The minimum Gasteiger partial charge on any atom is -0.494 e. The van der Waals surface area contributed by atoms with Crippen LogP contribution >= 0.6 is 0 Å². The molecule has 0 aliphatic heterocycles. The molecule has 0 saturated heterocycles. The summed E-state index contributed by atoms with van der Waals surface area (Å²) in [4.78, 5) is 0. The van der Waals surface area contributed by atoms with Crippen LogP contribution < -0.4 is 9.46 Å². The van der Waals surface area contributed by atoms with Gasteiger partial charge in [0.1, 0.15) is 5.75 Å². The van der Waals surface area contributed by atoms with E-state index in [2.05, 4.69) is 4.72 Å². The predicted molar refractivity (Wildman–Crippen MR) is 51.5 cm³/mol. The van der Waals surface area contributed by atoms with Gasteiger partial charge in [-0.1, -0.05) is 0 Å². The van der Waals surface area contributed by atoms with Gasteiger partial charge in [-0.15, -0.1) is 0 Å². The molecule has 1 N–H and O–H groups in total. The Labute approximate surface area is 78.6 Å². The summed E-state index contributed by atoms with van der Waals surface area (Å²) in [5, 5.41) is 0. The average Bonchev–Trinajstić information content (AvgIpc) is 2.08. The maximum absolute atomic E-state index is 10.3. The fourth-order valence-electron chi connectivity index (χ4n) is 0.898. The van der Waals surface area contributed by atoms with Gasteiger partial charge in [0.2, 0.25) is 10.9 Å². The van der Waals surface area contributed by atoms with Gasteiger partial charge in [0.25, 0.3) is 0 Å². The van der Waals surface area contributed by atoms with Crippen LogP contribution in [0.3, 0.4) is 0 Å². The van der Waals surface area contributed by atoms with Crippen LogP contribution in [0.5, 0.6) is 5.75 Å². The lowest BCUT2D eigenvalue weighted by atomic mass is 10.3. The molecule has 1 rings (SSSR count). The Morgan fingerprint density at radius 1 is 1.31 bits per heavy atom. The van der Waals surface area contributed by atoms with Gasteiger partial charge in [0, 0.05) is 5.69 Å². The molecule has 0 bridgehead atoms. The van der Waals surface area contributed by atoms with Gasteiger partial charge in [0.05, 0.1) is 6.61 Å². The average molecular weight is 201 g/mol. The highest BCUT2D eigenvalue weighted by molar-refractivity contribution is 7.73. The van der Waals surface area contributed by atoms with Gasteiger partial charge >= 0.3 is 0 Å². The van der Waals surface area contributed by atoms with E-state index in [1.54, 1.807) is 24.3 Å². The maximum Gasteiger partial charge on any atom is 0.222 e. The van der Waals surface area contributed by atoms with E-state index in [9.17, 15) is 8.42 Å². The Hall–Kier alpha value is -1.23. The van der Waals surface area contributed by atoms with E-state index in [1.165, 1.54) is 0 Å². The van der Waals surface area contributed by atoms with E-state index in [1.807, 2.05) is 6.92 Å². The van der Waals surface area contributed by atoms with Crippen molar-refractivity contribution in [2.24, 2.45) is 0 Å². The first kappa shape index (κ1) is 9.85. The molecule has 0 aromatic heterocycles. The first-order valence-corrected chi connectivity index (χ1v) is 5.04. The van der Waals surface area contributed by atoms with E-state index in [0.717, 1.165) is 5.75 Å². The van der Waals surface area contributed by atoms with Gasteiger partial charge < -0.3 is 4.74 Å². The summed E-state index contributed by atoms with van der Waals surface area (Å²) >= 11 is 0. The summed E-state index contributed by atoms with van der Waals surface area (Å²) in [6, 6.07) is 6.72. The highest BCUT2D eigenvalue weighted by Gasteiger charge is 1.93. The normalized spacial score (nSPS) is 10.0. The highest BCUT2D eigenvalue weighted by Crippen LogP contribution is 2.15. The van der Waals surface area contributed by atoms with Gasteiger partial charge in [-0.2, -0.15) is 0 Å². The Morgan fingerprint density at radius 2 is 1.92 bits per heavy atom. The number of rotatable bonds is 4. The Bertz CT molecular complexity index is 324. The molecule has 0 fully saturated rings. The smallest absolute Gasteiger partial charge is 0.222 e. The predicted octanol–water partition coefficient (Wildman–Crippen LogP) is 1.02. The number of benzene rings is 1. The van der Waals surface area contributed by atoms with Crippen molar-refractivity contribution in [3.05, 3.63) is 24.3 Å². The molecule has 0 aliphatic rings. The van der Waals surface area contributed by atoms with Gasteiger partial charge in [0.15, 0.2) is 0 Å². The lowest BCUT2D eigenvalue weighted by Gasteiger charge is -2.03. The number of hydrogen-bond donors (Lipinski definition) is 2. The zero-order valence-corrected chi connectivity index (χ0v) is 8.08. The Kier molecular flexibility index (Phi) is 3.57. The molecule has 1 aromatic carbocycles. The zero-order chi connectivity index (χ0) is 9.68. The monoisotopic (exact) mass is 201 g/mol. The summed E-state index contributed by atoms with van der Waals surface area (Å²) in [6.07, 6.45) is 0. The molecule has 5 heteroatoms. The molecule has 72 valence electrons. The topological polar surface area (TPSA) is 55.4 Å². The van der Waals surface area contributed by atoms with Crippen LogP contribution in [-0.4, -0.2) is 15.0 Å². The molecular weight excluding hydrogens is 190 g/mol. The molecule has 0 radical (unpaired) electrons. The second-order valence-corrected chi connectivity index (χ2v) is 3.06. The quantitative estimate of drug-likeness (QED) is 0.715. The van der Waals surface area contributed by atoms with Crippen LogP contribution in [0.4, 0.5) is 5.69 Å². The van der Waals surface area contributed by atoms with Crippen molar-refractivity contribution in [1.29, 1.82) is 0 Å². The molecule has 0 amide bonds. The van der Waals surface area contributed by atoms with Crippen LogP contribution in [0, 0.1) is 0 Å². The molecule has 0 atom stereocenters. The van der Waals surface area contributed by atoms with E-state index in [0.29, 0.717) is 12.3 Å². The van der Waals surface area contributed by atoms with E-state index < -0.39 is 10.9 Å². The molecule has 13 heavy (non-hydrogen) atoms. The third-order valence-electron chi connectivity index (χ3n) is 1.39. The van der Waals surface area contributed by atoms with Crippen LogP contribution in [0.2, 0.25) is 0 Å². The van der Waals surface area contributed by atoms with Crippen molar-refractivity contribution in [3.8, 4) is 5.75 Å². The second-order valence-electron chi connectivity index (χ2n) is 2.33. The van der Waals surface area contributed by atoms with Crippen molar-refractivity contribution >= 4 is 16.6 Å². The van der Waals surface area contributed by atoms with E-state index in [4.69, 9.17) is 4.74 Å². The van der Waals surface area contributed by atoms with Crippen LogP contribution in [0.15, 0.2) is 24.3 Å². The number of hydrogen-bond acceptors (Lipinski definition) is 3. The molecular formula is C8H11NO3S. The van der Waals surface area contributed by atoms with Crippen molar-refractivity contribution in [3.63, 3.8) is 0 Å². The molecule has 0 saturated carbocycles. The summed E-state index contributed by atoms with van der Waals surface area (Å²) < 4.78 is 28.0. The number of thiol groups is 1. The van der Waals surface area contributed by atoms with Crippen molar-refractivity contribution in [2.45, 2.75) is 6.92 Å². The molecule has 0 unspecified atom stereocenters. The largest absolute Gasteiger partial charge is 0.494 e. The fraction of sp³-hybridized carbons (Fsp3) is 0.250. The first-order chi connectivity index (χ1) is 6.22. The summed E-state index contributed by atoms with van der Waals surface area (Å²) in [6.45, 7) is 2.49. The van der Waals surface area contributed by atoms with Crippen molar-refractivity contribution < 1.29 is 13.2 Å². The van der Waals surface area contributed by atoms with Crippen molar-refractivity contribution in [1.82, 2.24) is 0 Å². The van der Waals surface area contributed by atoms with Gasteiger partial charge in [-0.25, -0.2) is 8.42 Å². The SMILES string of the molecule is CCOc1ccc(N[SH](=O)=O)cc1. The molecule has 0 spiro atoms. The number of anilines is 1. The first-order valence-electron chi connectivity index (χ1n) is 3.86. The standard InChI is InChI=1S/C8H11NO3S/c1-2-12-8-5-3-7(4-6-8)9-13(10)11/h3-6,13H,2H2,1H3,(H,9,10,11). The van der Waals surface area contributed by atoms with E-state index >= 15 is 0 Å². The second kappa shape index (κ2) is 4.71. The molecule has 0 aliphatic carbocycles. The number of ether oxygens (including phenoxy) is 1. The van der Waals surface area contributed by atoms with Crippen molar-refractivity contribution in [2.75, 3.05) is 11.3 Å². The summed E-state index contributed by atoms with van der Waals surface area (Å²) in [5.41, 5.74) is 0.541. The zero-order valence-electron chi connectivity index (χ0n) is 7.19. The Morgan fingerprint density at radius 3 is 2.38 bits per heavy atom. The van der Waals surface area contributed by atoms with Gasteiger partial charge in [-0.05, 0) is 31.2 Å². The van der Waals surface area contributed by atoms with Crippen LogP contribution in [0.25, 0.3) is 0 Å². The van der Waals surface area contributed by atoms with Gasteiger partial charge in [-0.3, -0.25) is 4.72 Å². The third kappa shape index (κ3) is 3.33.